The van der Waals surface area contributed by atoms with E-state index in [0.29, 0.717) is 23.8 Å². The van der Waals surface area contributed by atoms with Gasteiger partial charge in [0.15, 0.2) is 5.13 Å². The van der Waals surface area contributed by atoms with Crippen LogP contribution in [-0.2, 0) is 10.0 Å². The first-order valence-electron chi connectivity index (χ1n) is 10.0. The van der Waals surface area contributed by atoms with E-state index in [0.717, 1.165) is 10.2 Å². The zero-order valence-electron chi connectivity index (χ0n) is 18.4. The lowest BCUT2D eigenvalue weighted by Gasteiger charge is -2.23. The highest BCUT2D eigenvalue weighted by molar-refractivity contribution is 7.89. The maximum absolute atomic E-state index is 13.4. The first-order valence-corrected chi connectivity index (χ1v) is 12.3. The minimum absolute atomic E-state index is 0.160. The lowest BCUT2D eigenvalue weighted by Crippen LogP contribution is -2.37. The van der Waals surface area contributed by atoms with Gasteiger partial charge in [0.05, 0.1) is 15.1 Å². The van der Waals surface area contributed by atoms with Crippen LogP contribution in [0, 0.1) is 0 Å². The Hall–Kier alpha value is -2.33. The Kier molecular flexibility index (Phi) is 7.10. The first kappa shape index (κ1) is 23.3. The van der Waals surface area contributed by atoms with Crippen LogP contribution in [0.4, 0.5) is 5.13 Å². The van der Waals surface area contributed by atoms with Gasteiger partial charge in [0.2, 0.25) is 10.0 Å². The van der Waals surface area contributed by atoms with Gasteiger partial charge >= 0.3 is 0 Å². The zero-order valence-corrected chi connectivity index (χ0v) is 20.1. The van der Waals surface area contributed by atoms with E-state index < -0.39 is 10.0 Å². The Labute approximate surface area is 188 Å². The Bertz CT molecular complexity index is 1120. The van der Waals surface area contributed by atoms with Gasteiger partial charge in [-0.25, -0.2) is 13.4 Å². The predicted molar refractivity (Wildman–Crippen MR) is 126 cm³/mol. The maximum atomic E-state index is 13.4. The highest BCUT2D eigenvalue weighted by atomic mass is 32.2. The van der Waals surface area contributed by atoms with E-state index >= 15 is 0 Å². The number of fused-ring (bicyclic) bond motifs is 1. The fourth-order valence-corrected chi connectivity index (χ4v) is 5.29. The number of amides is 1. The quantitative estimate of drug-likeness (QED) is 0.514. The molecule has 0 fully saturated rings. The Morgan fingerprint density at radius 3 is 2.23 bits per heavy atom. The number of anilines is 1. The van der Waals surface area contributed by atoms with Gasteiger partial charge in [0, 0.05) is 31.7 Å². The summed E-state index contributed by atoms with van der Waals surface area (Å²) in [6.07, 6.45) is 0. The van der Waals surface area contributed by atoms with E-state index in [1.54, 1.807) is 24.1 Å². The van der Waals surface area contributed by atoms with E-state index in [1.165, 1.54) is 27.8 Å². The molecule has 166 valence electrons. The number of hydrogen-bond acceptors (Lipinski definition) is 6. The number of benzene rings is 2. The minimum atomic E-state index is -3.60. The topological polar surface area (TPSA) is 73.8 Å². The smallest absolute Gasteiger partial charge is 0.260 e. The predicted octanol–water partition coefficient (Wildman–Crippen LogP) is 3.53. The van der Waals surface area contributed by atoms with Crippen LogP contribution in [-0.4, -0.2) is 68.8 Å². The summed E-state index contributed by atoms with van der Waals surface area (Å²) in [7, 11) is 1.85. The molecule has 9 heteroatoms. The summed E-state index contributed by atoms with van der Waals surface area (Å²) in [4.78, 5) is 21.8. The molecule has 0 saturated carbocycles. The SMILES string of the molecule is CC(C)N(C)S(=O)(=O)c1ccc(C(=O)N(CCN(C)C)c2nc3ccccc3s2)cc1. The minimum Gasteiger partial charge on any atom is -0.308 e. The maximum Gasteiger partial charge on any atom is 0.260 e. The van der Waals surface area contributed by atoms with Crippen molar-refractivity contribution in [2.45, 2.75) is 24.8 Å². The number of carbonyl (C=O) groups is 1. The Balaban J connectivity index is 1.92. The van der Waals surface area contributed by atoms with Crippen LogP contribution in [0.2, 0.25) is 0 Å². The van der Waals surface area contributed by atoms with Gasteiger partial charge in [-0.1, -0.05) is 23.5 Å². The zero-order chi connectivity index (χ0) is 22.8. The number of carbonyl (C=O) groups excluding carboxylic acids is 1. The van der Waals surface area contributed by atoms with Crippen molar-refractivity contribution in [2.24, 2.45) is 0 Å². The van der Waals surface area contributed by atoms with Crippen molar-refractivity contribution in [1.82, 2.24) is 14.2 Å². The molecule has 31 heavy (non-hydrogen) atoms. The first-order chi connectivity index (χ1) is 14.6. The molecule has 7 nitrogen and oxygen atoms in total. The molecule has 0 saturated heterocycles. The van der Waals surface area contributed by atoms with Crippen molar-refractivity contribution in [3.05, 3.63) is 54.1 Å². The van der Waals surface area contributed by atoms with Gasteiger partial charge in [-0.2, -0.15) is 4.31 Å². The van der Waals surface area contributed by atoms with Crippen LogP contribution in [0.5, 0.6) is 0 Å². The summed E-state index contributed by atoms with van der Waals surface area (Å²) in [5.74, 6) is -0.206. The lowest BCUT2D eigenvalue weighted by atomic mass is 10.2. The third kappa shape index (κ3) is 5.12. The van der Waals surface area contributed by atoms with Crippen molar-refractivity contribution in [1.29, 1.82) is 0 Å². The van der Waals surface area contributed by atoms with Crippen LogP contribution >= 0.6 is 11.3 Å². The summed E-state index contributed by atoms with van der Waals surface area (Å²) < 4.78 is 27.7. The van der Waals surface area contributed by atoms with E-state index in [4.69, 9.17) is 0 Å². The molecule has 1 aromatic heterocycles. The molecule has 0 aliphatic carbocycles. The van der Waals surface area contributed by atoms with Crippen LogP contribution in [0.3, 0.4) is 0 Å². The number of thiazole rings is 1. The lowest BCUT2D eigenvalue weighted by molar-refractivity contribution is 0.0985. The number of likely N-dealkylation sites (N-methyl/N-ethyl adjacent to an activating group) is 1. The summed E-state index contributed by atoms with van der Waals surface area (Å²) in [6, 6.07) is 13.7. The van der Waals surface area contributed by atoms with E-state index in [-0.39, 0.29) is 16.8 Å². The fraction of sp³-hybridized carbons (Fsp3) is 0.364. The molecule has 0 radical (unpaired) electrons. The normalized spacial score (nSPS) is 12.3. The van der Waals surface area contributed by atoms with E-state index in [9.17, 15) is 13.2 Å². The van der Waals surface area contributed by atoms with Crippen molar-refractivity contribution in [3.63, 3.8) is 0 Å². The molecule has 0 atom stereocenters. The molecule has 0 N–H and O–H groups in total. The average molecular weight is 461 g/mol. The molecule has 1 amide bonds. The molecule has 0 unspecified atom stereocenters. The molecule has 0 aliphatic rings. The third-order valence-electron chi connectivity index (χ3n) is 5.03. The number of aromatic nitrogens is 1. The van der Waals surface area contributed by atoms with E-state index in [2.05, 4.69) is 4.98 Å². The summed E-state index contributed by atoms with van der Waals surface area (Å²) in [6.45, 7) is 4.78. The monoisotopic (exact) mass is 460 g/mol. The molecule has 0 spiro atoms. The molecule has 2 aromatic carbocycles. The standard InChI is InChI=1S/C22H28N4O3S2/c1-16(2)25(5)31(28,29)18-12-10-17(11-13-18)21(27)26(15-14-24(3)4)22-23-19-8-6-7-9-20(19)30-22/h6-13,16H,14-15H2,1-5H3. The number of para-hydroxylation sites is 1. The molecular formula is C22H28N4O3S2. The third-order valence-corrected chi connectivity index (χ3v) is 8.14. The molecule has 1 heterocycles. The van der Waals surface area contributed by atoms with Crippen molar-refractivity contribution < 1.29 is 13.2 Å². The van der Waals surface area contributed by atoms with Gasteiger partial charge in [-0.3, -0.25) is 9.69 Å². The largest absolute Gasteiger partial charge is 0.308 e. The van der Waals surface area contributed by atoms with Crippen LogP contribution in [0.25, 0.3) is 10.2 Å². The summed E-state index contributed by atoms with van der Waals surface area (Å²) >= 11 is 1.47. The van der Waals surface area contributed by atoms with Crippen LogP contribution < -0.4 is 4.90 Å². The second kappa shape index (κ2) is 9.44. The Morgan fingerprint density at radius 2 is 1.65 bits per heavy atom. The number of hydrogen-bond donors (Lipinski definition) is 0. The second-order valence-electron chi connectivity index (χ2n) is 7.86. The van der Waals surface area contributed by atoms with Gasteiger partial charge in [0.1, 0.15) is 0 Å². The van der Waals surface area contributed by atoms with Gasteiger partial charge in [-0.05, 0) is 64.3 Å². The van der Waals surface area contributed by atoms with Gasteiger partial charge in [-0.15, -0.1) is 0 Å². The molecule has 3 rings (SSSR count). The van der Waals surface area contributed by atoms with Crippen molar-refractivity contribution in [2.75, 3.05) is 39.1 Å². The second-order valence-corrected chi connectivity index (χ2v) is 10.9. The molecule has 0 aliphatic heterocycles. The Morgan fingerprint density at radius 1 is 1.00 bits per heavy atom. The highest BCUT2D eigenvalue weighted by Crippen LogP contribution is 2.29. The fourth-order valence-electron chi connectivity index (χ4n) is 2.93. The van der Waals surface area contributed by atoms with Crippen molar-refractivity contribution >= 4 is 42.6 Å². The average Bonchev–Trinajstić information content (AvgIpc) is 3.16. The van der Waals surface area contributed by atoms with Gasteiger partial charge in [0.25, 0.3) is 5.91 Å². The number of sulfonamides is 1. The highest BCUT2D eigenvalue weighted by Gasteiger charge is 2.25. The van der Waals surface area contributed by atoms with Gasteiger partial charge < -0.3 is 4.90 Å². The summed E-state index contributed by atoms with van der Waals surface area (Å²) in [5, 5.41) is 0.629. The van der Waals surface area contributed by atoms with Crippen LogP contribution in [0.15, 0.2) is 53.4 Å². The number of nitrogens with zero attached hydrogens (tertiary/aromatic N) is 4. The summed E-state index contributed by atoms with van der Waals surface area (Å²) in [5.41, 5.74) is 1.27. The molecular weight excluding hydrogens is 432 g/mol. The van der Waals surface area contributed by atoms with E-state index in [1.807, 2.05) is 57.1 Å². The van der Waals surface area contributed by atoms with Crippen LogP contribution in [0.1, 0.15) is 24.2 Å². The molecule has 0 bridgehead atoms. The van der Waals surface area contributed by atoms with Crippen molar-refractivity contribution in [3.8, 4) is 0 Å². The molecule has 3 aromatic rings. The number of rotatable bonds is 8.